The largest absolute Gasteiger partial charge is 0.355 e. The number of rotatable bonds is 7. The van der Waals surface area contributed by atoms with Crippen molar-refractivity contribution < 1.29 is 14.4 Å². The third-order valence-corrected chi connectivity index (χ3v) is 4.03. The topological polar surface area (TPSA) is 75.3 Å². The Labute approximate surface area is 154 Å². The summed E-state index contributed by atoms with van der Waals surface area (Å²) in [5.74, 6) is -0.951. The molecule has 0 fully saturated rings. The Hall–Kier alpha value is -2.47. The van der Waals surface area contributed by atoms with Gasteiger partial charge in [-0.2, -0.15) is 0 Å². The van der Waals surface area contributed by atoms with Crippen molar-refractivity contribution in [3.05, 3.63) is 69.7 Å². The van der Waals surface area contributed by atoms with Gasteiger partial charge < -0.3 is 10.6 Å². The zero-order valence-corrected chi connectivity index (χ0v) is 15.4. The van der Waals surface area contributed by atoms with Crippen molar-refractivity contribution >= 4 is 33.5 Å². The number of nitrogens with one attached hydrogen (secondary N) is 2. The Balaban J connectivity index is 2.14. The van der Waals surface area contributed by atoms with Gasteiger partial charge in [0.25, 0.3) is 5.91 Å². The number of hydrogen-bond donors (Lipinski definition) is 2. The minimum Gasteiger partial charge on any atom is -0.355 e. The number of amides is 2. The summed E-state index contributed by atoms with van der Waals surface area (Å²) in [6, 6.07) is 13.5. The van der Waals surface area contributed by atoms with Gasteiger partial charge in [0.1, 0.15) is 0 Å². The molecule has 0 aliphatic carbocycles. The second-order valence-corrected chi connectivity index (χ2v) is 6.33. The molecule has 2 amide bonds. The van der Waals surface area contributed by atoms with Crippen LogP contribution in [0, 0.1) is 0 Å². The summed E-state index contributed by atoms with van der Waals surface area (Å²) in [7, 11) is 0. The molecule has 25 heavy (non-hydrogen) atoms. The lowest BCUT2D eigenvalue weighted by atomic mass is 9.98. The molecule has 2 N–H and O–H groups in total. The van der Waals surface area contributed by atoms with E-state index in [9.17, 15) is 14.4 Å². The number of hydrogen-bond acceptors (Lipinski definition) is 3. The zero-order chi connectivity index (χ0) is 18.2. The normalized spacial score (nSPS) is 10.2. The van der Waals surface area contributed by atoms with E-state index in [2.05, 4.69) is 26.6 Å². The molecule has 0 saturated heterocycles. The molecule has 2 aromatic rings. The first kappa shape index (κ1) is 18.9. The molecular formula is C19H19BrN2O3. The van der Waals surface area contributed by atoms with Crippen LogP contribution in [0.15, 0.2) is 53.0 Å². The van der Waals surface area contributed by atoms with Crippen LogP contribution in [-0.4, -0.2) is 30.7 Å². The lowest BCUT2D eigenvalue weighted by Crippen LogP contribution is -2.37. The van der Waals surface area contributed by atoms with Crippen molar-refractivity contribution in [1.82, 2.24) is 10.6 Å². The molecule has 0 spiro atoms. The molecule has 0 heterocycles. The lowest BCUT2D eigenvalue weighted by molar-refractivity contribution is -0.120. The minimum absolute atomic E-state index is 0.125. The van der Waals surface area contributed by atoms with Crippen LogP contribution < -0.4 is 10.6 Å². The molecule has 0 aliphatic heterocycles. The molecule has 130 valence electrons. The van der Waals surface area contributed by atoms with E-state index in [0.717, 1.165) is 10.9 Å². The average molecular weight is 403 g/mol. The molecular weight excluding hydrogens is 384 g/mol. The minimum atomic E-state index is -0.451. The Kier molecular flexibility index (Phi) is 6.89. The smallest absolute Gasteiger partial charge is 0.252 e. The summed E-state index contributed by atoms with van der Waals surface area (Å²) in [5.41, 5.74) is 1.04. The van der Waals surface area contributed by atoms with Crippen molar-refractivity contribution in [3.63, 3.8) is 0 Å². The van der Waals surface area contributed by atoms with Gasteiger partial charge in [0, 0.05) is 22.1 Å². The van der Waals surface area contributed by atoms with Gasteiger partial charge in [0.2, 0.25) is 5.91 Å². The Morgan fingerprint density at radius 2 is 1.56 bits per heavy atom. The van der Waals surface area contributed by atoms with Crippen LogP contribution in [0.5, 0.6) is 0 Å². The highest BCUT2D eigenvalue weighted by atomic mass is 79.9. The first-order valence-electron chi connectivity index (χ1n) is 7.97. The van der Waals surface area contributed by atoms with Crippen LogP contribution in [0.4, 0.5) is 0 Å². The molecule has 0 unspecified atom stereocenters. The first-order chi connectivity index (χ1) is 12.0. The van der Waals surface area contributed by atoms with E-state index in [1.165, 1.54) is 0 Å². The summed E-state index contributed by atoms with van der Waals surface area (Å²) in [5, 5.41) is 5.24. The predicted molar refractivity (Wildman–Crippen MR) is 99.7 cm³/mol. The maximum absolute atomic E-state index is 12.7. The summed E-state index contributed by atoms with van der Waals surface area (Å²) >= 11 is 3.33. The molecule has 2 rings (SSSR count). The molecule has 0 atom stereocenters. The summed E-state index contributed by atoms with van der Waals surface area (Å²) in [6.45, 7) is 2.38. The van der Waals surface area contributed by atoms with Gasteiger partial charge in [-0.15, -0.1) is 0 Å². The van der Waals surface area contributed by atoms with E-state index in [0.29, 0.717) is 17.7 Å². The fourth-order valence-electron chi connectivity index (χ4n) is 2.22. The Bertz CT molecular complexity index is 772. The maximum atomic E-state index is 12.7. The van der Waals surface area contributed by atoms with Crippen molar-refractivity contribution in [2.75, 3.05) is 13.1 Å². The third-order valence-electron chi connectivity index (χ3n) is 3.50. The van der Waals surface area contributed by atoms with Gasteiger partial charge in [0.05, 0.1) is 12.1 Å². The SMILES string of the molecule is CCCNC(=O)CNC(=O)c1ccccc1C(=O)c1ccc(Br)cc1. The number of carbonyl (C=O) groups is 3. The van der Waals surface area contributed by atoms with Crippen LogP contribution >= 0.6 is 15.9 Å². The third kappa shape index (κ3) is 5.26. The van der Waals surface area contributed by atoms with E-state index in [4.69, 9.17) is 0 Å². The number of carbonyl (C=O) groups excluding carboxylic acids is 3. The summed E-state index contributed by atoms with van der Waals surface area (Å²) in [4.78, 5) is 36.7. The monoisotopic (exact) mass is 402 g/mol. The van der Waals surface area contributed by atoms with Crippen molar-refractivity contribution in [1.29, 1.82) is 0 Å². The van der Waals surface area contributed by atoms with E-state index in [1.807, 2.05) is 6.92 Å². The quantitative estimate of drug-likeness (QED) is 0.699. The molecule has 6 heteroatoms. The Morgan fingerprint density at radius 3 is 2.20 bits per heavy atom. The van der Waals surface area contributed by atoms with Gasteiger partial charge in [0.15, 0.2) is 5.78 Å². The summed E-state index contributed by atoms with van der Waals surface area (Å²) in [6.07, 6.45) is 0.824. The maximum Gasteiger partial charge on any atom is 0.252 e. The second kappa shape index (κ2) is 9.13. The Morgan fingerprint density at radius 1 is 0.920 bits per heavy atom. The number of halogens is 1. The highest BCUT2D eigenvalue weighted by Gasteiger charge is 2.18. The van der Waals surface area contributed by atoms with Crippen LogP contribution in [0.1, 0.15) is 39.6 Å². The fraction of sp³-hybridized carbons (Fsp3) is 0.211. The molecule has 0 aromatic heterocycles. The second-order valence-electron chi connectivity index (χ2n) is 5.41. The predicted octanol–water partition coefficient (Wildman–Crippen LogP) is 2.94. The first-order valence-corrected chi connectivity index (χ1v) is 8.76. The molecule has 0 aliphatic rings. The van der Waals surface area contributed by atoms with E-state index < -0.39 is 5.91 Å². The van der Waals surface area contributed by atoms with E-state index in [1.54, 1.807) is 48.5 Å². The number of ketones is 1. The van der Waals surface area contributed by atoms with E-state index >= 15 is 0 Å². The molecule has 0 radical (unpaired) electrons. The zero-order valence-electron chi connectivity index (χ0n) is 13.8. The van der Waals surface area contributed by atoms with Gasteiger partial charge in [-0.1, -0.05) is 41.1 Å². The molecule has 0 saturated carbocycles. The van der Waals surface area contributed by atoms with Crippen molar-refractivity contribution in [3.8, 4) is 0 Å². The average Bonchev–Trinajstić information content (AvgIpc) is 2.64. The van der Waals surface area contributed by atoms with Crippen LogP contribution in [0.25, 0.3) is 0 Å². The van der Waals surface area contributed by atoms with Crippen LogP contribution in [-0.2, 0) is 4.79 Å². The van der Waals surface area contributed by atoms with Crippen LogP contribution in [0.2, 0.25) is 0 Å². The lowest BCUT2D eigenvalue weighted by Gasteiger charge is -2.10. The highest BCUT2D eigenvalue weighted by molar-refractivity contribution is 9.10. The number of benzene rings is 2. The van der Waals surface area contributed by atoms with Gasteiger partial charge in [-0.3, -0.25) is 14.4 Å². The van der Waals surface area contributed by atoms with Gasteiger partial charge in [-0.05, 0) is 36.8 Å². The summed E-state index contributed by atoms with van der Waals surface area (Å²) < 4.78 is 0.869. The van der Waals surface area contributed by atoms with Gasteiger partial charge >= 0.3 is 0 Å². The molecule has 0 bridgehead atoms. The van der Waals surface area contributed by atoms with Gasteiger partial charge in [-0.25, -0.2) is 0 Å². The van der Waals surface area contributed by atoms with Crippen molar-refractivity contribution in [2.24, 2.45) is 0 Å². The molecule has 2 aromatic carbocycles. The van der Waals surface area contributed by atoms with E-state index in [-0.39, 0.29) is 23.8 Å². The van der Waals surface area contributed by atoms with Crippen LogP contribution in [0.3, 0.4) is 0 Å². The molecule has 5 nitrogen and oxygen atoms in total. The standard InChI is InChI=1S/C19H19BrN2O3/c1-2-11-21-17(23)12-22-19(25)16-6-4-3-5-15(16)18(24)13-7-9-14(20)10-8-13/h3-10H,2,11-12H2,1H3,(H,21,23)(H,22,25). The van der Waals surface area contributed by atoms with Crippen molar-refractivity contribution in [2.45, 2.75) is 13.3 Å². The fourth-order valence-corrected chi connectivity index (χ4v) is 2.48. The highest BCUT2D eigenvalue weighted by Crippen LogP contribution is 2.17.